The number of hydrogen-bond donors (Lipinski definition) is 0. The molecule has 122 valence electrons. The van der Waals surface area contributed by atoms with Crippen LogP contribution in [-0.2, 0) is 11.3 Å². The molecule has 0 aromatic carbocycles. The molecular weight excluding hydrogens is 274 g/mol. The molecule has 1 amide bonds. The number of pyridine rings is 1. The topological polar surface area (TPSA) is 36.4 Å². The van der Waals surface area contributed by atoms with Gasteiger partial charge >= 0.3 is 0 Å². The Hall–Kier alpha value is -1.42. The van der Waals surface area contributed by atoms with E-state index in [4.69, 9.17) is 0 Å². The van der Waals surface area contributed by atoms with Crippen LogP contribution in [0.2, 0.25) is 0 Å². The van der Waals surface area contributed by atoms with Gasteiger partial charge in [-0.1, -0.05) is 20.8 Å². The molecule has 2 atom stereocenters. The lowest BCUT2D eigenvalue weighted by molar-refractivity contribution is -0.136. The van der Waals surface area contributed by atoms with E-state index in [0.29, 0.717) is 12.6 Å². The number of hydrogen-bond acceptors (Lipinski definition) is 3. The molecule has 1 aromatic rings. The largest absolute Gasteiger partial charge is 0.337 e. The lowest BCUT2D eigenvalue weighted by Gasteiger charge is -2.32. The molecule has 4 heteroatoms. The number of aromatic nitrogens is 1. The lowest BCUT2D eigenvalue weighted by atomic mass is 10.1. The van der Waals surface area contributed by atoms with Crippen molar-refractivity contribution in [2.45, 2.75) is 52.6 Å². The van der Waals surface area contributed by atoms with Crippen LogP contribution in [0.15, 0.2) is 24.5 Å². The third kappa shape index (κ3) is 4.29. The first-order valence-corrected chi connectivity index (χ1v) is 8.57. The Morgan fingerprint density at radius 2 is 2.14 bits per heavy atom. The van der Waals surface area contributed by atoms with Crippen LogP contribution >= 0.6 is 0 Å². The van der Waals surface area contributed by atoms with Gasteiger partial charge in [0.15, 0.2) is 0 Å². The SMILES string of the molecule is CC[C@H](C)C(=O)N(Cc1ccncc1)C[C@@H]1CCCN1CC. The van der Waals surface area contributed by atoms with E-state index in [-0.39, 0.29) is 11.8 Å². The van der Waals surface area contributed by atoms with E-state index < -0.39 is 0 Å². The maximum atomic E-state index is 12.8. The average molecular weight is 303 g/mol. The van der Waals surface area contributed by atoms with Gasteiger partial charge in [-0.25, -0.2) is 0 Å². The fraction of sp³-hybridized carbons (Fsp3) is 0.667. The maximum Gasteiger partial charge on any atom is 0.225 e. The summed E-state index contributed by atoms with van der Waals surface area (Å²) in [5.74, 6) is 0.376. The lowest BCUT2D eigenvalue weighted by Crippen LogP contribution is -2.44. The first kappa shape index (κ1) is 16.9. The van der Waals surface area contributed by atoms with Crippen molar-refractivity contribution >= 4 is 5.91 Å². The average Bonchev–Trinajstić information content (AvgIpc) is 3.01. The first-order valence-electron chi connectivity index (χ1n) is 8.57. The zero-order valence-corrected chi connectivity index (χ0v) is 14.2. The second-order valence-corrected chi connectivity index (χ2v) is 6.31. The van der Waals surface area contributed by atoms with Crippen LogP contribution in [0.3, 0.4) is 0 Å². The predicted octanol–water partition coefficient (Wildman–Crippen LogP) is 2.94. The van der Waals surface area contributed by atoms with Crippen molar-refractivity contribution in [2.24, 2.45) is 5.92 Å². The molecule has 0 unspecified atom stereocenters. The number of likely N-dealkylation sites (tertiary alicyclic amines) is 1. The number of nitrogens with zero attached hydrogens (tertiary/aromatic N) is 3. The van der Waals surface area contributed by atoms with E-state index in [2.05, 4.69) is 28.6 Å². The molecule has 1 fully saturated rings. The summed E-state index contributed by atoms with van der Waals surface area (Å²) in [5.41, 5.74) is 1.16. The monoisotopic (exact) mass is 303 g/mol. The molecule has 4 nitrogen and oxygen atoms in total. The standard InChI is InChI=1S/C18H29N3O/c1-4-15(3)18(22)21(13-16-8-10-19-11-9-16)14-17-7-6-12-20(17)5-2/h8-11,15,17H,4-7,12-14H2,1-3H3/t15-,17-/m0/s1. The van der Waals surface area contributed by atoms with Crippen molar-refractivity contribution in [3.63, 3.8) is 0 Å². The van der Waals surface area contributed by atoms with Gasteiger partial charge in [-0.15, -0.1) is 0 Å². The van der Waals surface area contributed by atoms with Crippen molar-refractivity contribution in [3.8, 4) is 0 Å². The summed E-state index contributed by atoms with van der Waals surface area (Å²) in [5, 5.41) is 0. The number of carbonyl (C=O) groups is 1. The van der Waals surface area contributed by atoms with Gasteiger partial charge in [-0.3, -0.25) is 14.7 Å². The van der Waals surface area contributed by atoms with Crippen LogP contribution in [0.5, 0.6) is 0 Å². The fourth-order valence-corrected chi connectivity index (χ4v) is 3.20. The molecule has 2 rings (SSSR count). The predicted molar refractivity (Wildman–Crippen MR) is 89.4 cm³/mol. The molecule has 0 spiro atoms. The van der Waals surface area contributed by atoms with Gasteiger partial charge in [0, 0.05) is 37.4 Å². The van der Waals surface area contributed by atoms with Gasteiger partial charge < -0.3 is 4.90 Å². The molecule has 0 N–H and O–H groups in total. The third-order valence-corrected chi connectivity index (χ3v) is 4.80. The molecule has 1 aliphatic heterocycles. The quantitative estimate of drug-likeness (QED) is 0.777. The highest BCUT2D eigenvalue weighted by molar-refractivity contribution is 5.78. The molecule has 0 aliphatic carbocycles. The van der Waals surface area contributed by atoms with Crippen LogP contribution < -0.4 is 0 Å². The number of rotatable bonds is 7. The first-order chi connectivity index (χ1) is 10.7. The Bertz CT molecular complexity index is 463. The number of carbonyl (C=O) groups excluding carboxylic acids is 1. The molecule has 0 saturated carbocycles. The molecule has 22 heavy (non-hydrogen) atoms. The zero-order chi connectivity index (χ0) is 15.9. The highest BCUT2D eigenvalue weighted by atomic mass is 16.2. The van der Waals surface area contributed by atoms with Crippen LogP contribution in [0.4, 0.5) is 0 Å². The van der Waals surface area contributed by atoms with Gasteiger partial charge in [0.1, 0.15) is 0 Å². The normalized spacial score (nSPS) is 20.0. The van der Waals surface area contributed by atoms with E-state index in [1.807, 2.05) is 19.1 Å². The third-order valence-electron chi connectivity index (χ3n) is 4.80. The van der Waals surface area contributed by atoms with Crippen molar-refractivity contribution in [3.05, 3.63) is 30.1 Å². The summed E-state index contributed by atoms with van der Waals surface area (Å²) in [6.45, 7) is 10.1. The van der Waals surface area contributed by atoms with Crippen LogP contribution in [-0.4, -0.2) is 46.4 Å². The Balaban J connectivity index is 2.09. The second kappa shape index (κ2) is 8.28. The highest BCUT2D eigenvalue weighted by Gasteiger charge is 2.28. The summed E-state index contributed by atoms with van der Waals surface area (Å²) >= 11 is 0. The van der Waals surface area contributed by atoms with E-state index in [1.54, 1.807) is 12.4 Å². The minimum atomic E-state index is 0.0957. The van der Waals surface area contributed by atoms with E-state index in [0.717, 1.165) is 25.1 Å². The van der Waals surface area contributed by atoms with Gasteiger partial charge in [-0.2, -0.15) is 0 Å². The minimum absolute atomic E-state index is 0.0957. The summed E-state index contributed by atoms with van der Waals surface area (Å²) < 4.78 is 0. The van der Waals surface area contributed by atoms with Gasteiger partial charge in [0.05, 0.1) is 0 Å². The van der Waals surface area contributed by atoms with E-state index in [9.17, 15) is 4.79 Å². The fourth-order valence-electron chi connectivity index (χ4n) is 3.20. The smallest absolute Gasteiger partial charge is 0.225 e. The number of likely N-dealkylation sites (N-methyl/N-ethyl adjacent to an activating group) is 1. The summed E-state index contributed by atoms with van der Waals surface area (Å²) in [6.07, 6.45) is 6.95. The molecule has 0 bridgehead atoms. The summed E-state index contributed by atoms with van der Waals surface area (Å²) in [6, 6.07) is 4.52. The Morgan fingerprint density at radius 1 is 1.41 bits per heavy atom. The Morgan fingerprint density at radius 3 is 2.77 bits per heavy atom. The van der Waals surface area contributed by atoms with Crippen molar-refractivity contribution in [1.29, 1.82) is 0 Å². The summed E-state index contributed by atoms with van der Waals surface area (Å²) in [7, 11) is 0. The molecule has 1 aromatic heterocycles. The molecule has 2 heterocycles. The molecule has 1 aliphatic rings. The van der Waals surface area contributed by atoms with Gasteiger partial charge in [-0.05, 0) is 50.0 Å². The van der Waals surface area contributed by atoms with Crippen LogP contribution in [0.1, 0.15) is 45.6 Å². The molecular formula is C18H29N3O. The Labute approximate surface area is 134 Å². The van der Waals surface area contributed by atoms with Crippen molar-refractivity contribution in [1.82, 2.24) is 14.8 Å². The number of amides is 1. The molecule has 0 radical (unpaired) electrons. The second-order valence-electron chi connectivity index (χ2n) is 6.31. The van der Waals surface area contributed by atoms with Gasteiger partial charge in [0.2, 0.25) is 5.91 Å². The molecule has 1 saturated heterocycles. The van der Waals surface area contributed by atoms with Crippen molar-refractivity contribution < 1.29 is 4.79 Å². The van der Waals surface area contributed by atoms with Crippen LogP contribution in [0, 0.1) is 5.92 Å². The van der Waals surface area contributed by atoms with E-state index in [1.165, 1.54) is 19.4 Å². The Kier molecular flexibility index (Phi) is 6.37. The van der Waals surface area contributed by atoms with E-state index >= 15 is 0 Å². The maximum absolute atomic E-state index is 12.8. The van der Waals surface area contributed by atoms with Crippen LogP contribution in [0.25, 0.3) is 0 Å². The minimum Gasteiger partial charge on any atom is -0.337 e. The van der Waals surface area contributed by atoms with Crippen molar-refractivity contribution in [2.75, 3.05) is 19.6 Å². The van der Waals surface area contributed by atoms with Gasteiger partial charge in [0.25, 0.3) is 0 Å². The highest BCUT2D eigenvalue weighted by Crippen LogP contribution is 2.20. The summed E-state index contributed by atoms with van der Waals surface area (Å²) in [4.78, 5) is 21.4. The zero-order valence-electron chi connectivity index (χ0n) is 14.2.